The minimum atomic E-state index is -0.130. The Balaban J connectivity index is 1.89. The molecule has 1 unspecified atom stereocenters. The van der Waals surface area contributed by atoms with Crippen LogP contribution >= 0.6 is 22.9 Å². The second-order valence-corrected chi connectivity index (χ2v) is 8.89. The van der Waals surface area contributed by atoms with Crippen molar-refractivity contribution in [3.05, 3.63) is 56.7 Å². The third-order valence-electron chi connectivity index (χ3n) is 5.19. The minimum absolute atomic E-state index is 0.00141. The van der Waals surface area contributed by atoms with Crippen LogP contribution in [0, 0.1) is 0 Å². The van der Waals surface area contributed by atoms with Crippen LogP contribution in [-0.4, -0.2) is 40.7 Å². The smallest absolute Gasteiger partial charge is 0.243 e. The van der Waals surface area contributed by atoms with Gasteiger partial charge in [-0.2, -0.15) is 0 Å². The Morgan fingerprint density at radius 1 is 1.25 bits per heavy atom. The molecular weight excluding hydrogens is 392 g/mol. The van der Waals surface area contributed by atoms with E-state index in [9.17, 15) is 9.59 Å². The average Bonchev–Trinajstić information content (AvgIpc) is 3.14. The molecule has 1 aliphatic rings. The molecule has 0 fully saturated rings. The second kappa shape index (κ2) is 9.10. The summed E-state index contributed by atoms with van der Waals surface area (Å²) in [5, 5.41) is 2.77. The average molecular weight is 419 g/mol. The summed E-state index contributed by atoms with van der Waals surface area (Å²) in [6, 6.07) is 9.69. The van der Waals surface area contributed by atoms with E-state index in [1.165, 1.54) is 10.4 Å². The summed E-state index contributed by atoms with van der Waals surface area (Å²) in [4.78, 5) is 30.8. The molecule has 3 rings (SSSR count). The van der Waals surface area contributed by atoms with Crippen molar-refractivity contribution in [1.82, 2.24) is 9.80 Å². The van der Waals surface area contributed by atoms with Crippen LogP contribution in [0.4, 0.5) is 0 Å². The SMILES string of the molecule is CCCC(=O)N(CC(=O)N1CCc2sccc2C1c1ccc(Cl)cc1)C(C)C. The van der Waals surface area contributed by atoms with Crippen LogP contribution in [0.2, 0.25) is 5.02 Å². The third-order valence-corrected chi connectivity index (χ3v) is 6.43. The lowest BCUT2D eigenvalue weighted by molar-refractivity contribution is -0.143. The van der Waals surface area contributed by atoms with E-state index in [2.05, 4.69) is 11.4 Å². The normalized spacial score (nSPS) is 16.2. The van der Waals surface area contributed by atoms with Crippen molar-refractivity contribution >= 4 is 34.8 Å². The highest BCUT2D eigenvalue weighted by atomic mass is 35.5. The van der Waals surface area contributed by atoms with E-state index in [1.54, 1.807) is 16.2 Å². The van der Waals surface area contributed by atoms with E-state index < -0.39 is 0 Å². The maximum absolute atomic E-state index is 13.3. The zero-order chi connectivity index (χ0) is 20.3. The summed E-state index contributed by atoms with van der Waals surface area (Å²) in [7, 11) is 0. The van der Waals surface area contributed by atoms with Gasteiger partial charge in [-0.15, -0.1) is 11.3 Å². The highest BCUT2D eigenvalue weighted by Gasteiger charge is 2.34. The zero-order valence-electron chi connectivity index (χ0n) is 16.7. The van der Waals surface area contributed by atoms with Crippen LogP contribution < -0.4 is 0 Å². The standard InChI is InChI=1S/C22H27ClN2O2S/c1-4-5-20(26)25(15(2)3)14-21(27)24-12-10-19-18(11-13-28-19)22(24)16-6-8-17(23)9-7-16/h6-9,11,13,15,22H,4-5,10,12,14H2,1-3H3. The summed E-state index contributed by atoms with van der Waals surface area (Å²) < 4.78 is 0. The molecule has 4 nitrogen and oxygen atoms in total. The van der Waals surface area contributed by atoms with Crippen molar-refractivity contribution in [2.24, 2.45) is 0 Å². The Kier molecular flexibility index (Phi) is 6.78. The molecule has 0 saturated heterocycles. The summed E-state index contributed by atoms with van der Waals surface area (Å²) in [6.45, 7) is 6.69. The highest BCUT2D eigenvalue weighted by Crippen LogP contribution is 2.38. The number of fused-ring (bicyclic) bond motifs is 1. The summed E-state index contributed by atoms with van der Waals surface area (Å²) in [5.74, 6) is 0.0390. The number of carbonyl (C=O) groups is 2. The Morgan fingerprint density at radius 3 is 2.61 bits per heavy atom. The molecule has 28 heavy (non-hydrogen) atoms. The van der Waals surface area contributed by atoms with E-state index in [0.29, 0.717) is 18.0 Å². The fourth-order valence-electron chi connectivity index (χ4n) is 3.74. The quantitative estimate of drug-likeness (QED) is 0.668. The van der Waals surface area contributed by atoms with E-state index in [0.717, 1.165) is 18.4 Å². The van der Waals surface area contributed by atoms with Gasteiger partial charge >= 0.3 is 0 Å². The first kappa shape index (κ1) is 20.9. The van der Waals surface area contributed by atoms with Gasteiger partial charge in [0.2, 0.25) is 11.8 Å². The first-order valence-corrected chi connectivity index (χ1v) is 11.1. The Morgan fingerprint density at radius 2 is 1.96 bits per heavy atom. The number of amides is 2. The molecule has 2 heterocycles. The van der Waals surface area contributed by atoms with Crippen molar-refractivity contribution in [2.75, 3.05) is 13.1 Å². The van der Waals surface area contributed by atoms with E-state index >= 15 is 0 Å². The number of benzene rings is 1. The predicted molar refractivity (Wildman–Crippen MR) is 115 cm³/mol. The molecule has 1 aromatic heterocycles. The molecule has 6 heteroatoms. The molecule has 0 spiro atoms. The monoisotopic (exact) mass is 418 g/mol. The van der Waals surface area contributed by atoms with Gasteiger partial charge in [0.1, 0.15) is 6.54 Å². The van der Waals surface area contributed by atoms with E-state index in [1.807, 2.05) is 49.9 Å². The van der Waals surface area contributed by atoms with Crippen molar-refractivity contribution < 1.29 is 9.59 Å². The first-order valence-electron chi connectivity index (χ1n) is 9.83. The molecule has 0 radical (unpaired) electrons. The lowest BCUT2D eigenvalue weighted by Gasteiger charge is -2.38. The predicted octanol–water partition coefficient (Wildman–Crippen LogP) is 4.91. The summed E-state index contributed by atoms with van der Waals surface area (Å²) in [5.41, 5.74) is 2.23. The topological polar surface area (TPSA) is 40.6 Å². The van der Waals surface area contributed by atoms with E-state index in [-0.39, 0.29) is 30.4 Å². The van der Waals surface area contributed by atoms with E-state index in [4.69, 9.17) is 11.6 Å². The molecule has 2 amide bonds. The molecular formula is C22H27ClN2O2S. The van der Waals surface area contributed by atoms with Gasteiger partial charge in [0.05, 0.1) is 6.04 Å². The van der Waals surface area contributed by atoms with Crippen LogP contribution in [-0.2, 0) is 16.0 Å². The van der Waals surface area contributed by atoms with Crippen LogP contribution in [0.25, 0.3) is 0 Å². The van der Waals surface area contributed by atoms with Gasteiger partial charge in [-0.1, -0.05) is 30.7 Å². The minimum Gasteiger partial charge on any atom is -0.331 e. The Bertz CT molecular complexity index is 831. The zero-order valence-corrected chi connectivity index (χ0v) is 18.2. The first-order chi connectivity index (χ1) is 13.4. The molecule has 0 saturated carbocycles. The lowest BCUT2D eigenvalue weighted by atomic mass is 9.93. The van der Waals surface area contributed by atoms with Crippen molar-refractivity contribution in [2.45, 2.75) is 52.1 Å². The molecule has 2 aromatic rings. The van der Waals surface area contributed by atoms with Gasteiger partial charge in [-0.3, -0.25) is 9.59 Å². The fraction of sp³-hybridized carbons (Fsp3) is 0.455. The maximum atomic E-state index is 13.3. The summed E-state index contributed by atoms with van der Waals surface area (Å²) in [6.07, 6.45) is 2.11. The van der Waals surface area contributed by atoms with Gasteiger partial charge in [0.15, 0.2) is 0 Å². The Labute approximate surface area is 176 Å². The van der Waals surface area contributed by atoms with Crippen molar-refractivity contribution in [1.29, 1.82) is 0 Å². The van der Waals surface area contributed by atoms with Crippen LogP contribution in [0.15, 0.2) is 35.7 Å². The maximum Gasteiger partial charge on any atom is 0.243 e. The number of rotatable bonds is 6. The number of nitrogens with zero attached hydrogens (tertiary/aromatic N) is 2. The lowest BCUT2D eigenvalue weighted by Crippen LogP contribution is -2.48. The number of hydrogen-bond donors (Lipinski definition) is 0. The molecule has 1 aromatic carbocycles. The van der Waals surface area contributed by atoms with Crippen LogP contribution in [0.3, 0.4) is 0 Å². The van der Waals surface area contributed by atoms with Gasteiger partial charge in [0.25, 0.3) is 0 Å². The summed E-state index contributed by atoms with van der Waals surface area (Å²) >= 11 is 7.82. The fourth-order valence-corrected chi connectivity index (χ4v) is 4.77. The van der Waals surface area contributed by atoms with Gasteiger partial charge < -0.3 is 9.80 Å². The number of carbonyl (C=O) groups excluding carboxylic acids is 2. The largest absolute Gasteiger partial charge is 0.331 e. The number of halogens is 1. The number of thiophene rings is 1. The van der Waals surface area contributed by atoms with Crippen LogP contribution in [0.5, 0.6) is 0 Å². The van der Waals surface area contributed by atoms with Crippen molar-refractivity contribution in [3.8, 4) is 0 Å². The number of hydrogen-bond acceptors (Lipinski definition) is 3. The molecule has 0 N–H and O–H groups in total. The molecule has 0 aliphatic carbocycles. The second-order valence-electron chi connectivity index (χ2n) is 7.46. The highest BCUT2D eigenvalue weighted by molar-refractivity contribution is 7.10. The molecule has 1 aliphatic heterocycles. The molecule has 0 bridgehead atoms. The third kappa shape index (κ3) is 4.41. The molecule has 150 valence electrons. The van der Waals surface area contributed by atoms with Gasteiger partial charge in [-0.25, -0.2) is 0 Å². The van der Waals surface area contributed by atoms with Crippen molar-refractivity contribution in [3.63, 3.8) is 0 Å². The van der Waals surface area contributed by atoms with Gasteiger partial charge in [0, 0.05) is 28.9 Å². The van der Waals surface area contributed by atoms with Gasteiger partial charge in [-0.05, 0) is 61.4 Å². The van der Waals surface area contributed by atoms with Crippen LogP contribution in [0.1, 0.15) is 55.7 Å². The Hall–Kier alpha value is -1.85. The molecule has 1 atom stereocenters.